The van der Waals surface area contributed by atoms with Crippen molar-refractivity contribution >= 4 is 27.5 Å². The van der Waals surface area contributed by atoms with Gasteiger partial charge in [-0.2, -0.15) is 0 Å². The number of carbonyl (C=O) groups is 2. The van der Waals surface area contributed by atoms with E-state index in [1.54, 1.807) is 30.3 Å². The number of ether oxygens (including phenoxy) is 2. The van der Waals surface area contributed by atoms with Gasteiger partial charge in [0.1, 0.15) is 12.6 Å². The maximum Gasteiger partial charge on any atom is 0.264 e. The third kappa shape index (κ3) is 7.82. The fourth-order valence-electron chi connectivity index (χ4n) is 4.60. The van der Waals surface area contributed by atoms with E-state index in [1.807, 2.05) is 52.0 Å². The summed E-state index contributed by atoms with van der Waals surface area (Å²) in [5.74, 6) is -0.162. The van der Waals surface area contributed by atoms with Crippen LogP contribution in [0, 0.1) is 6.92 Å². The maximum absolute atomic E-state index is 14.2. The molecule has 0 aromatic heterocycles. The zero-order chi connectivity index (χ0) is 30.9. The monoisotopic (exact) mass is 595 g/mol. The van der Waals surface area contributed by atoms with Gasteiger partial charge in [0.25, 0.3) is 10.0 Å². The SMILES string of the molecule is CC[C@H](C)NC(=O)[C@H](CC)N(Cc1cccc(C)c1)C(=O)CN(c1ccccc1)S(=O)(=O)c1ccc(OC)c(OC)c1. The predicted molar refractivity (Wildman–Crippen MR) is 164 cm³/mol. The molecule has 0 fully saturated rings. The van der Waals surface area contributed by atoms with Gasteiger partial charge in [0.15, 0.2) is 11.5 Å². The molecule has 1 N–H and O–H groups in total. The van der Waals surface area contributed by atoms with Gasteiger partial charge in [0, 0.05) is 18.7 Å². The lowest BCUT2D eigenvalue weighted by atomic mass is 10.1. The van der Waals surface area contributed by atoms with E-state index in [1.165, 1.54) is 37.3 Å². The van der Waals surface area contributed by atoms with E-state index in [2.05, 4.69) is 5.32 Å². The maximum atomic E-state index is 14.2. The number of carbonyl (C=O) groups excluding carboxylic acids is 2. The Labute approximate surface area is 249 Å². The molecule has 3 aromatic carbocycles. The molecule has 2 amide bonds. The summed E-state index contributed by atoms with van der Waals surface area (Å²) in [5.41, 5.74) is 2.17. The van der Waals surface area contributed by atoms with Crippen LogP contribution in [0.15, 0.2) is 77.7 Å². The van der Waals surface area contributed by atoms with Crippen LogP contribution in [0.4, 0.5) is 5.69 Å². The summed E-state index contributed by atoms with van der Waals surface area (Å²) in [6, 6.07) is 19.5. The molecule has 42 heavy (non-hydrogen) atoms. The molecule has 3 aromatic rings. The standard InChI is InChI=1S/C32H41N3O6S/c1-7-24(4)33-32(37)28(8-2)34(21-25-14-12-13-23(3)19-25)31(36)22-35(26-15-10-9-11-16-26)42(38,39)27-17-18-29(40-5)30(20-27)41-6/h9-20,24,28H,7-8,21-22H2,1-6H3,(H,33,37)/t24-,28-/m0/s1. The van der Waals surface area contributed by atoms with E-state index in [9.17, 15) is 18.0 Å². The summed E-state index contributed by atoms with van der Waals surface area (Å²) >= 11 is 0. The van der Waals surface area contributed by atoms with Crippen molar-refractivity contribution < 1.29 is 27.5 Å². The molecule has 226 valence electrons. The van der Waals surface area contributed by atoms with Crippen LogP contribution in [-0.2, 0) is 26.2 Å². The van der Waals surface area contributed by atoms with Gasteiger partial charge < -0.3 is 19.7 Å². The number of amides is 2. The number of nitrogens with one attached hydrogen (secondary N) is 1. The average molecular weight is 596 g/mol. The average Bonchev–Trinajstić information content (AvgIpc) is 2.99. The number of rotatable bonds is 14. The van der Waals surface area contributed by atoms with E-state index in [-0.39, 0.29) is 29.1 Å². The molecule has 0 aliphatic heterocycles. The zero-order valence-electron chi connectivity index (χ0n) is 25.2. The van der Waals surface area contributed by atoms with Crippen molar-refractivity contribution in [2.24, 2.45) is 0 Å². The number of methoxy groups -OCH3 is 2. The highest BCUT2D eigenvalue weighted by atomic mass is 32.2. The molecule has 0 aliphatic rings. The molecular formula is C32H41N3O6S. The highest BCUT2D eigenvalue weighted by molar-refractivity contribution is 7.92. The van der Waals surface area contributed by atoms with E-state index in [0.717, 1.165) is 21.9 Å². The highest BCUT2D eigenvalue weighted by Crippen LogP contribution is 2.32. The van der Waals surface area contributed by atoms with Crippen molar-refractivity contribution in [1.82, 2.24) is 10.2 Å². The van der Waals surface area contributed by atoms with Crippen LogP contribution in [-0.4, -0.2) is 58.0 Å². The molecule has 0 aliphatic carbocycles. The van der Waals surface area contributed by atoms with Crippen molar-refractivity contribution in [2.75, 3.05) is 25.1 Å². The number of hydrogen-bond donors (Lipinski definition) is 1. The summed E-state index contributed by atoms with van der Waals surface area (Å²) < 4.78 is 39.9. The van der Waals surface area contributed by atoms with Gasteiger partial charge >= 0.3 is 0 Å². The van der Waals surface area contributed by atoms with Crippen LogP contribution >= 0.6 is 0 Å². The molecule has 0 bridgehead atoms. The number of anilines is 1. The van der Waals surface area contributed by atoms with Gasteiger partial charge in [-0.05, 0) is 56.5 Å². The summed E-state index contributed by atoms with van der Waals surface area (Å²) in [6.07, 6.45) is 1.09. The quantitative estimate of drug-likeness (QED) is 0.283. The van der Waals surface area contributed by atoms with Gasteiger partial charge in [0.05, 0.1) is 24.8 Å². The van der Waals surface area contributed by atoms with Crippen LogP contribution in [0.3, 0.4) is 0 Å². The van der Waals surface area contributed by atoms with Crippen LogP contribution in [0.2, 0.25) is 0 Å². The molecule has 0 saturated carbocycles. The number of hydrogen-bond acceptors (Lipinski definition) is 6. The van der Waals surface area contributed by atoms with Gasteiger partial charge in [-0.3, -0.25) is 13.9 Å². The van der Waals surface area contributed by atoms with Crippen LogP contribution in [0.25, 0.3) is 0 Å². The zero-order valence-corrected chi connectivity index (χ0v) is 26.0. The first-order valence-corrected chi connectivity index (χ1v) is 15.4. The van der Waals surface area contributed by atoms with Gasteiger partial charge in [-0.15, -0.1) is 0 Å². The van der Waals surface area contributed by atoms with Crippen LogP contribution < -0.4 is 19.1 Å². The van der Waals surface area contributed by atoms with E-state index in [0.29, 0.717) is 17.9 Å². The summed E-state index contributed by atoms with van der Waals surface area (Å²) in [4.78, 5) is 29.0. The summed E-state index contributed by atoms with van der Waals surface area (Å²) in [7, 11) is -1.36. The normalized spacial score (nSPS) is 12.6. The van der Waals surface area contributed by atoms with Crippen molar-refractivity contribution in [3.63, 3.8) is 0 Å². The Morgan fingerprint density at radius 1 is 0.881 bits per heavy atom. The highest BCUT2D eigenvalue weighted by Gasteiger charge is 2.34. The third-order valence-electron chi connectivity index (χ3n) is 7.09. The van der Waals surface area contributed by atoms with Crippen LogP contribution in [0.1, 0.15) is 44.7 Å². The molecule has 3 rings (SSSR count). The van der Waals surface area contributed by atoms with Crippen molar-refractivity contribution in [1.29, 1.82) is 0 Å². The number of aryl methyl sites for hydroxylation is 1. The molecule has 0 radical (unpaired) electrons. The topological polar surface area (TPSA) is 105 Å². The Morgan fingerprint density at radius 3 is 2.17 bits per heavy atom. The van der Waals surface area contributed by atoms with Crippen molar-refractivity contribution in [3.05, 3.63) is 83.9 Å². The lowest BCUT2D eigenvalue weighted by Crippen LogP contribution is -2.53. The molecular weight excluding hydrogens is 554 g/mol. The minimum Gasteiger partial charge on any atom is -0.493 e. The Hall–Kier alpha value is -4.05. The van der Waals surface area contributed by atoms with Crippen molar-refractivity contribution in [2.45, 2.75) is 64.1 Å². The fraction of sp³-hybridized carbons (Fsp3) is 0.375. The summed E-state index contributed by atoms with van der Waals surface area (Å²) in [5, 5.41) is 2.99. The minimum atomic E-state index is -4.25. The second-order valence-corrected chi connectivity index (χ2v) is 12.0. The van der Waals surface area contributed by atoms with E-state index >= 15 is 0 Å². The number of sulfonamides is 1. The smallest absolute Gasteiger partial charge is 0.264 e. The summed E-state index contributed by atoms with van der Waals surface area (Å²) in [6.45, 7) is 7.30. The Balaban J connectivity index is 2.07. The molecule has 0 spiro atoms. The Bertz CT molecular complexity index is 1460. The third-order valence-corrected chi connectivity index (χ3v) is 8.86. The second-order valence-electron chi connectivity index (χ2n) is 10.1. The molecule has 0 saturated heterocycles. The molecule has 2 atom stereocenters. The Kier molecular flexibility index (Phi) is 11.4. The van der Waals surface area contributed by atoms with E-state index < -0.39 is 28.5 Å². The van der Waals surface area contributed by atoms with Gasteiger partial charge in [-0.1, -0.05) is 61.9 Å². The number of nitrogens with zero attached hydrogens (tertiary/aromatic N) is 2. The first kappa shape index (κ1) is 32.5. The largest absolute Gasteiger partial charge is 0.493 e. The fourth-order valence-corrected chi connectivity index (χ4v) is 6.03. The van der Waals surface area contributed by atoms with Gasteiger partial charge in [0.2, 0.25) is 11.8 Å². The van der Waals surface area contributed by atoms with Crippen molar-refractivity contribution in [3.8, 4) is 11.5 Å². The molecule has 0 unspecified atom stereocenters. The second kappa shape index (κ2) is 14.7. The lowest BCUT2D eigenvalue weighted by molar-refractivity contribution is -0.140. The van der Waals surface area contributed by atoms with Gasteiger partial charge in [-0.25, -0.2) is 8.42 Å². The Morgan fingerprint density at radius 2 is 1.57 bits per heavy atom. The minimum absolute atomic E-state index is 0.0661. The molecule has 0 heterocycles. The van der Waals surface area contributed by atoms with Crippen LogP contribution in [0.5, 0.6) is 11.5 Å². The first-order chi connectivity index (χ1) is 20.0. The number of benzene rings is 3. The molecule has 9 nitrogen and oxygen atoms in total. The van der Waals surface area contributed by atoms with E-state index in [4.69, 9.17) is 9.47 Å². The first-order valence-electron chi connectivity index (χ1n) is 14.0. The number of para-hydroxylation sites is 1. The predicted octanol–water partition coefficient (Wildman–Crippen LogP) is 4.93. The molecule has 10 heteroatoms. The lowest BCUT2D eigenvalue weighted by Gasteiger charge is -2.33.